The summed E-state index contributed by atoms with van der Waals surface area (Å²) >= 11 is 1.39. The van der Waals surface area contributed by atoms with Crippen molar-refractivity contribution in [3.63, 3.8) is 0 Å². The van der Waals surface area contributed by atoms with Crippen molar-refractivity contribution in [2.45, 2.75) is 45.6 Å². The summed E-state index contributed by atoms with van der Waals surface area (Å²) in [4.78, 5) is 37.8. The zero-order valence-electron chi connectivity index (χ0n) is 16.7. The summed E-state index contributed by atoms with van der Waals surface area (Å²) in [5.74, 6) is -1.06. The van der Waals surface area contributed by atoms with E-state index >= 15 is 0 Å². The molecule has 1 N–H and O–H groups in total. The van der Waals surface area contributed by atoms with E-state index in [-0.39, 0.29) is 43.8 Å². The molecule has 0 radical (unpaired) electrons. The van der Waals surface area contributed by atoms with Crippen LogP contribution in [0.4, 0.5) is 0 Å². The van der Waals surface area contributed by atoms with Crippen LogP contribution in [-0.2, 0) is 32.8 Å². The molecule has 2 aromatic rings. The zero-order chi connectivity index (χ0) is 21.7. The first-order valence-corrected chi connectivity index (χ1v) is 12.0. The van der Waals surface area contributed by atoms with Crippen molar-refractivity contribution < 1.29 is 22.8 Å². The molecule has 0 aliphatic carbocycles. The lowest BCUT2D eigenvalue weighted by molar-refractivity contribution is -0.124. The van der Waals surface area contributed by atoms with Crippen molar-refractivity contribution in [2.75, 3.05) is 6.54 Å². The van der Waals surface area contributed by atoms with E-state index in [2.05, 4.69) is 0 Å². The number of carbonyl (C=O) groups is 3. The number of ketones is 2. The molecule has 160 valence electrons. The molecule has 3 rings (SSSR count). The van der Waals surface area contributed by atoms with Crippen LogP contribution < -0.4 is 4.72 Å². The van der Waals surface area contributed by atoms with Gasteiger partial charge in [-0.05, 0) is 36.6 Å². The zero-order valence-corrected chi connectivity index (χ0v) is 18.4. The van der Waals surface area contributed by atoms with E-state index in [9.17, 15) is 22.8 Å². The highest BCUT2D eigenvalue weighted by atomic mass is 32.2. The lowest BCUT2D eigenvalue weighted by Crippen LogP contribution is -2.45. The van der Waals surface area contributed by atoms with Gasteiger partial charge in [0.25, 0.3) is 0 Å². The number of benzene rings is 1. The van der Waals surface area contributed by atoms with Gasteiger partial charge in [-0.1, -0.05) is 24.3 Å². The summed E-state index contributed by atoms with van der Waals surface area (Å²) in [5, 5.41) is 0. The normalized spacial score (nSPS) is 14.2. The maximum atomic E-state index is 12.5. The quantitative estimate of drug-likeness (QED) is 0.595. The largest absolute Gasteiger partial charge is 0.304 e. The van der Waals surface area contributed by atoms with E-state index < -0.39 is 16.1 Å². The first kappa shape index (κ1) is 22.3. The molecule has 0 atom stereocenters. The van der Waals surface area contributed by atoms with Gasteiger partial charge in [-0.15, -0.1) is 11.3 Å². The van der Waals surface area contributed by atoms with E-state index in [1.165, 1.54) is 15.6 Å². The van der Waals surface area contributed by atoms with Gasteiger partial charge in [-0.2, -0.15) is 12.7 Å². The second kappa shape index (κ2) is 9.63. The number of hydrogen-bond acceptors (Lipinski definition) is 6. The fraction of sp³-hybridized carbons (Fsp3) is 0.381. The van der Waals surface area contributed by atoms with Crippen molar-refractivity contribution in [3.05, 3.63) is 57.3 Å². The van der Waals surface area contributed by atoms with Crippen LogP contribution >= 0.6 is 11.3 Å². The monoisotopic (exact) mass is 448 g/mol. The molecule has 1 aromatic heterocycles. The Morgan fingerprint density at radius 1 is 1.00 bits per heavy atom. The van der Waals surface area contributed by atoms with Crippen molar-refractivity contribution in [2.24, 2.45) is 0 Å². The van der Waals surface area contributed by atoms with Gasteiger partial charge in [0.1, 0.15) is 5.78 Å². The molecule has 30 heavy (non-hydrogen) atoms. The number of rotatable bonds is 9. The summed E-state index contributed by atoms with van der Waals surface area (Å²) in [6.45, 7) is 2.41. The van der Waals surface area contributed by atoms with Crippen molar-refractivity contribution in [3.8, 4) is 0 Å². The highest BCUT2D eigenvalue weighted by molar-refractivity contribution is 7.87. The lowest BCUT2D eigenvalue weighted by Gasteiger charge is -2.27. The molecular weight excluding hydrogens is 424 g/mol. The van der Waals surface area contributed by atoms with Crippen molar-refractivity contribution in [1.29, 1.82) is 0 Å². The summed E-state index contributed by atoms with van der Waals surface area (Å²) in [6, 6.07) is 11.2. The predicted molar refractivity (Wildman–Crippen MR) is 114 cm³/mol. The van der Waals surface area contributed by atoms with Crippen molar-refractivity contribution in [1.82, 2.24) is 9.03 Å². The number of carbonyl (C=O) groups excluding carboxylic acids is 3. The lowest BCUT2D eigenvalue weighted by atomic mass is 10.0. The molecule has 1 aliphatic heterocycles. The summed E-state index contributed by atoms with van der Waals surface area (Å²) in [6.07, 6.45) is 0.391. The smallest absolute Gasteiger partial charge is 0.300 e. The van der Waals surface area contributed by atoms with E-state index in [1.54, 1.807) is 6.07 Å². The summed E-state index contributed by atoms with van der Waals surface area (Å²) < 4.78 is 28.3. The van der Waals surface area contributed by atoms with Gasteiger partial charge in [0.2, 0.25) is 5.91 Å². The van der Waals surface area contributed by atoms with Gasteiger partial charge < -0.3 is 0 Å². The van der Waals surface area contributed by atoms with Crippen LogP contribution in [0.5, 0.6) is 0 Å². The highest BCUT2D eigenvalue weighted by Gasteiger charge is 2.28. The van der Waals surface area contributed by atoms with Crippen molar-refractivity contribution >= 4 is 39.0 Å². The molecule has 0 spiro atoms. The Labute approximate surface area is 180 Å². The van der Waals surface area contributed by atoms with Gasteiger partial charge in [0.05, 0.1) is 4.88 Å². The minimum atomic E-state index is -3.96. The van der Waals surface area contributed by atoms with Crippen LogP contribution in [0.2, 0.25) is 0 Å². The number of nitrogens with one attached hydrogen (secondary N) is 1. The van der Waals surface area contributed by atoms with Crippen LogP contribution in [0, 0.1) is 6.92 Å². The number of aryl methyl sites for hydroxylation is 1. The van der Waals surface area contributed by atoms with Crippen LogP contribution in [0.25, 0.3) is 0 Å². The van der Waals surface area contributed by atoms with Gasteiger partial charge in [0.15, 0.2) is 5.78 Å². The van der Waals surface area contributed by atoms with E-state index in [0.29, 0.717) is 17.8 Å². The molecule has 0 saturated heterocycles. The number of nitrogens with zero attached hydrogens (tertiary/aromatic N) is 1. The van der Waals surface area contributed by atoms with Gasteiger partial charge >= 0.3 is 10.2 Å². The minimum absolute atomic E-state index is 0.0404. The second-order valence-corrected chi connectivity index (χ2v) is 10.2. The second-order valence-electron chi connectivity index (χ2n) is 7.25. The molecule has 9 heteroatoms. The van der Waals surface area contributed by atoms with Gasteiger partial charge in [-0.25, -0.2) is 4.72 Å². The molecule has 1 aliphatic rings. The average molecular weight is 449 g/mol. The Balaban J connectivity index is 1.43. The molecule has 1 aromatic carbocycles. The third-order valence-corrected chi connectivity index (χ3v) is 7.47. The molecule has 0 fully saturated rings. The number of Topliss-reactive ketones (excluding diaryl/α,β-unsaturated/α-hetero) is 2. The predicted octanol–water partition coefficient (Wildman–Crippen LogP) is 2.79. The maximum Gasteiger partial charge on any atom is 0.304 e. The first-order chi connectivity index (χ1) is 14.2. The topological polar surface area (TPSA) is 101 Å². The standard InChI is InChI=1S/C21H24N2O5S2/c1-15-6-10-20(29-15)19(25)9-7-18(24)8-11-21(26)22-30(27,28)23-13-12-16-4-2-3-5-17(16)14-23/h2-6,10H,7-9,11-14H2,1H3,(H,22,26). The number of amides is 1. The van der Waals surface area contributed by atoms with Gasteiger partial charge in [-0.3, -0.25) is 14.4 Å². The summed E-state index contributed by atoms with van der Waals surface area (Å²) in [5.41, 5.74) is 2.02. The maximum absolute atomic E-state index is 12.5. The third-order valence-electron chi connectivity index (χ3n) is 4.96. The van der Waals surface area contributed by atoms with E-state index in [4.69, 9.17) is 0 Å². The first-order valence-electron chi connectivity index (χ1n) is 9.73. The van der Waals surface area contributed by atoms with Crippen LogP contribution in [-0.4, -0.2) is 36.7 Å². The fourth-order valence-corrected chi connectivity index (χ4v) is 5.27. The highest BCUT2D eigenvalue weighted by Crippen LogP contribution is 2.20. The molecule has 0 bridgehead atoms. The number of hydrogen-bond donors (Lipinski definition) is 1. The number of thiophene rings is 1. The molecular formula is C21H24N2O5S2. The Hall–Kier alpha value is -2.36. The third kappa shape index (κ3) is 5.84. The van der Waals surface area contributed by atoms with E-state index in [1.807, 2.05) is 42.0 Å². The molecule has 1 amide bonds. The molecule has 2 heterocycles. The minimum Gasteiger partial charge on any atom is -0.300 e. The van der Waals surface area contributed by atoms with Gasteiger partial charge in [0, 0.05) is 43.6 Å². The molecule has 0 saturated carbocycles. The fourth-order valence-electron chi connectivity index (χ4n) is 3.27. The average Bonchev–Trinajstić information content (AvgIpc) is 3.16. The Bertz CT molecular complexity index is 1060. The SMILES string of the molecule is Cc1ccc(C(=O)CCC(=O)CCC(=O)NS(=O)(=O)N2CCc3ccccc3C2)s1. The molecule has 0 unspecified atom stereocenters. The van der Waals surface area contributed by atoms with E-state index in [0.717, 1.165) is 16.0 Å². The number of fused-ring (bicyclic) bond motifs is 1. The van der Waals surface area contributed by atoms with Crippen LogP contribution in [0.3, 0.4) is 0 Å². The molecule has 7 nitrogen and oxygen atoms in total. The Kier molecular flexibility index (Phi) is 7.17. The van der Waals surface area contributed by atoms with Crippen LogP contribution in [0.15, 0.2) is 36.4 Å². The van der Waals surface area contributed by atoms with Crippen LogP contribution in [0.1, 0.15) is 51.4 Å². The Morgan fingerprint density at radius 2 is 1.70 bits per heavy atom. The Morgan fingerprint density at radius 3 is 2.40 bits per heavy atom. The summed E-state index contributed by atoms with van der Waals surface area (Å²) in [7, 11) is -3.96.